The number of aromatic amines is 2. The molecule has 10 rings (SSSR count). The lowest BCUT2D eigenvalue weighted by atomic mass is 9.76. The smallest absolute Gasteiger partial charge is 0.407 e. The van der Waals surface area contributed by atoms with Crippen LogP contribution >= 0.6 is 0 Å². The number of hydrogen-bond donors (Lipinski definition) is 4. The van der Waals surface area contributed by atoms with Crippen LogP contribution in [0.15, 0.2) is 72.9 Å². The number of likely N-dealkylation sites (tertiary alicyclic amines) is 2. The molecule has 3 fully saturated rings. The number of imidazole rings is 2. The van der Waals surface area contributed by atoms with E-state index in [2.05, 4.69) is 87.3 Å². The minimum absolute atomic E-state index is 0.112. The summed E-state index contributed by atoms with van der Waals surface area (Å²) in [7, 11) is 2.62. The largest absolute Gasteiger partial charge is 0.453 e. The first-order valence-corrected chi connectivity index (χ1v) is 24.9. The van der Waals surface area contributed by atoms with Gasteiger partial charge in [-0.25, -0.2) is 19.6 Å². The molecule has 1 spiro atoms. The number of nitrogens with one attached hydrogen (secondary N) is 4. The Labute approximate surface area is 403 Å². The fourth-order valence-electron chi connectivity index (χ4n) is 12.2. The van der Waals surface area contributed by atoms with E-state index < -0.39 is 24.3 Å². The molecule has 4 aromatic carbocycles. The molecular formula is C55H64N8O6. The number of fused-ring (bicyclic) bond motifs is 4. The number of methoxy groups -OCH3 is 2. The molecule has 4 amide bonds. The Bertz CT molecular complexity index is 2950. The van der Waals surface area contributed by atoms with Crippen LogP contribution in [0.3, 0.4) is 0 Å². The van der Waals surface area contributed by atoms with E-state index in [-0.39, 0.29) is 41.1 Å². The Morgan fingerprint density at radius 2 is 1.26 bits per heavy atom. The SMILES string of the molecule is COC(=O)N[C@H](C(=O)N1CCC[C@H]1c1ncc(-c2ccc(-c3ccc(-c4ccc5nc([C@@H]6CCCN6C(=O)[C@@H](NC(=O)OC)C(C)C)[nH]c5c4)c4c3CCC43CCCC3)c3ccccc23)[nH]1)C(C)C. The zero-order chi connectivity index (χ0) is 48.1. The predicted molar refractivity (Wildman–Crippen MR) is 266 cm³/mol. The van der Waals surface area contributed by atoms with E-state index in [1.54, 1.807) is 0 Å². The normalized spacial score (nSPS) is 19.5. The number of alkyl carbamates (subject to hydrolysis) is 2. The minimum Gasteiger partial charge on any atom is -0.453 e. The van der Waals surface area contributed by atoms with E-state index in [4.69, 9.17) is 19.4 Å². The van der Waals surface area contributed by atoms with Crippen LogP contribution in [-0.2, 0) is 30.9 Å². The lowest BCUT2D eigenvalue weighted by Crippen LogP contribution is -2.51. The van der Waals surface area contributed by atoms with Crippen molar-refractivity contribution in [1.82, 2.24) is 40.4 Å². The molecule has 0 unspecified atom stereocenters. The number of nitrogens with zero attached hydrogens (tertiary/aromatic N) is 4. The Balaban J connectivity index is 0.972. The highest BCUT2D eigenvalue weighted by Crippen LogP contribution is 2.56. The van der Waals surface area contributed by atoms with Crippen molar-refractivity contribution in [2.75, 3.05) is 27.3 Å². The van der Waals surface area contributed by atoms with Crippen molar-refractivity contribution in [3.63, 3.8) is 0 Å². The predicted octanol–water partition coefficient (Wildman–Crippen LogP) is 10.3. The summed E-state index contributed by atoms with van der Waals surface area (Å²) in [4.78, 5) is 73.1. The maximum absolute atomic E-state index is 13.9. The lowest BCUT2D eigenvalue weighted by molar-refractivity contribution is -0.136. The summed E-state index contributed by atoms with van der Waals surface area (Å²) in [5, 5.41) is 7.80. The molecule has 4 atom stereocenters. The van der Waals surface area contributed by atoms with Gasteiger partial charge in [-0.2, -0.15) is 0 Å². The van der Waals surface area contributed by atoms with E-state index >= 15 is 0 Å². The van der Waals surface area contributed by atoms with Crippen molar-refractivity contribution in [1.29, 1.82) is 0 Å². The van der Waals surface area contributed by atoms with Gasteiger partial charge in [0, 0.05) is 18.7 Å². The molecule has 2 saturated heterocycles. The van der Waals surface area contributed by atoms with Crippen molar-refractivity contribution in [3.8, 4) is 33.5 Å². The van der Waals surface area contributed by atoms with E-state index in [1.165, 1.54) is 73.1 Å². The first-order valence-electron chi connectivity index (χ1n) is 24.9. The van der Waals surface area contributed by atoms with Gasteiger partial charge in [-0.05, 0) is 125 Å². The molecule has 4 aliphatic rings. The van der Waals surface area contributed by atoms with Crippen LogP contribution in [0.5, 0.6) is 0 Å². The average molecular weight is 933 g/mol. The second-order valence-electron chi connectivity index (χ2n) is 20.3. The Morgan fingerprint density at radius 3 is 1.88 bits per heavy atom. The van der Waals surface area contributed by atoms with E-state index in [1.807, 2.05) is 43.7 Å². The third-order valence-corrected chi connectivity index (χ3v) is 15.7. The molecule has 2 aliphatic heterocycles. The molecule has 2 aromatic heterocycles. The standard InChI is InChI=1S/C55H64N8O6/c1-31(2)47(60-53(66)68-5)51(64)62-27-11-15-44(62)49-56-30-43(59-49)39-21-20-37(35-13-7-8-14-36(35)39)38-19-18-34(46-40(38)23-26-55(46)24-9-10-25-55)33-17-22-41-42(29-33)58-50(57-41)45-16-12-28-63(45)52(65)48(32(3)4)61-54(67)69-6/h7-8,13-14,17-22,29-32,44-45,47-48H,9-12,15-16,23-28H2,1-6H3,(H,56,59)(H,57,58)(H,60,66)(H,61,67)/t44-,45-,47-,48-/m0/s1. The number of benzene rings is 4. The summed E-state index contributed by atoms with van der Waals surface area (Å²) in [6.07, 6.45) is 10.9. The third-order valence-electron chi connectivity index (χ3n) is 15.7. The van der Waals surface area contributed by atoms with Crippen molar-refractivity contribution >= 4 is 45.8 Å². The fourth-order valence-corrected chi connectivity index (χ4v) is 12.2. The van der Waals surface area contributed by atoms with Crippen LogP contribution in [0.25, 0.3) is 55.3 Å². The Morgan fingerprint density at radius 1 is 0.681 bits per heavy atom. The maximum Gasteiger partial charge on any atom is 0.407 e. The van der Waals surface area contributed by atoms with E-state index in [9.17, 15) is 19.2 Å². The first kappa shape index (κ1) is 46.1. The van der Waals surface area contributed by atoms with Gasteiger partial charge in [0.15, 0.2) is 0 Å². The van der Waals surface area contributed by atoms with Gasteiger partial charge in [0.25, 0.3) is 0 Å². The quantitative estimate of drug-likeness (QED) is 0.0993. The highest BCUT2D eigenvalue weighted by Gasteiger charge is 2.44. The van der Waals surface area contributed by atoms with E-state index in [0.29, 0.717) is 13.1 Å². The lowest BCUT2D eigenvalue weighted by Gasteiger charge is -2.30. The summed E-state index contributed by atoms with van der Waals surface area (Å²) >= 11 is 0. The van der Waals surface area contributed by atoms with Crippen LogP contribution in [0.2, 0.25) is 0 Å². The van der Waals surface area contributed by atoms with Gasteiger partial charge in [0.2, 0.25) is 11.8 Å². The second kappa shape index (κ2) is 18.7. The zero-order valence-corrected chi connectivity index (χ0v) is 40.6. The molecule has 14 heteroatoms. The number of carbonyl (C=O) groups excluding carboxylic acids is 4. The number of rotatable bonds is 11. The second-order valence-corrected chi connectivity index (χ2v) is 20.3. The summed E-state index contributed by atoms with van der Waals surface area (Å²) in [5.41, 5.74) is 11.7. The third kappa shape index (κ3) is 8.29. The number of hydrogen-bond acceptors (Lipinski definition) is 8. The summed E-state index contributed by atoms with van der Waals surface area (Å²) < 4.78 is 9.68. The van der Waals surface area contributed by atoms with E-state index in [0.717, 1.165) is 83.4 Å². The molecule has 0 bridgehead atoms. The van der Waals surface area contributed by atoms with Crippen LogP contribution in [0, 0.1) is 11.8 Å². The monoisotopic (exact) mass is 932 g/mol. The van der Waals surface area contributed by atoms with Gasteiger partial charge in [-0.15, -0.1) is 0 Å². The van der Waals surface area contributed by atoms with Gasteiger partial charge in [-0.3, -0.25) is 9.59 Å². The summed E-state index contributed by atoms with van der Waals surface area (Å²) in [5.74, 6) is 1.03. The number of amides is 4. The molecule has 6 aromatic rings. The number of ether oxygens (including phenoxy) is 2. The van der Waals surface area contributed by atoms with Crippen molar-refractivity contribution in [2.45, 2.75) is 121 Å². The molecule has 4 N–H and O–H groups in total. The number of aromatic nitrogens is 4. The van der Waals surface area contributed by atoms with Gasteiger partial charge in [0.05, 0.1) is 49.2 Å². The van der Waals surface area contributed by atoms with Gasteiger partial charge < -0.3 is 39.9 Å². The van der Waals surface area contributed by atoms with Crippen LogP contribution < -0.4 is 10.6 Å². The van der Waals surface area contributed by atoms with Gasteiger partial charge in [-0.1, -0.05) is 95.1 Å². The highest BCUT2D eigenvalue weighted by atomic mass is 16.5. The van der Waals surface area contributed by atoms with Crippen molar-refractivity contribution in [3.05, 3.63) is 95.7 Å². The molecular weight excluding hydrogens is 869 g/mol. The van der Waals surface area contributed by atoms with Crippen LogP contribution in [-0.4, -0.2) is 93.1 Å². The molecule has 2 aliphatic carbocycles. The summed E-state index contributed by atoms with van der Waals surface area (Å²) in [6.45, 7) is 8.89. The number of H-pyrrole nitrogens is 2. The Kier molecular flexibility index (Phi) is 12.5. The van der Waals surface area contributed by atoms with Crippen molar-refractivity contribution < 1.29 is 28.7 Å². The summed E-state index contributed by atoms with van der Waals surface area (Å²) in [6, 6.07) is 22.5. The van der Waals surface area contributed by atoms with Gasteiger partial charge in [0.1, 0.15) is 23.7 Å². The highest BCUT2D eigenvalue weighted by molar-refractivity contribution is 6.05. The van der Waals surface area contributed by atoms with Crippen LogP contribution in [0.1, 0.15) is 120 Å². The van der Waals surface area contributed by atoms with Gasteiger partial charge >= 0.3 is 12.2 Å². The topological polar surface area (TPSA) is 175 Å². The zero-order valence-electron chi connectivity index (χ0n) is 40.6. The first-order chi connectivity index (χ1) is 33.4. The molecule has 69 heavy (non-hydrogen) atoms. The molecule has 0 radical (unpaired) electrons. The molecule has 1 saturated carbocycles. The molecule has 360 valence electrons. The minimum atomic E-state index is -0.701. The van der Waals surface area contributed by atoms with Crippen molar-refractivity contribution in [2.24, 2.45) is 11.8 Å². The fraction of sp³-hybridized carbons (Fsp3) is 0.455. The maximum atomic E-state index is 13.9. The van der Waals surface area contributed by atoms with Crippen LogP contribution in [0.4, 0.5) is 9.59 Å². The Hall–Kier alpha value is -6.70. The average Bonchev–Trinajstić information content (AvgIpc) is 4.23. The number of carbonyl (C=O) groups is 4. The molecule has 14 nitrogen and oxygen atoms in total. The molecule has 4 heterocycles.